The number of hydrogen-bond acceptors (Lipinski definition) is 7. The van der Waals surface area contributed by atoms with Crippen molar-refractivity contribution >= 4 is 28.6 Å². The van der Waals surface area contributed by atoms with Crippen molar-refractivity contribution in [1.29, 1.82) is 0 Å². The van der Waals surface area contributed by atoms with Crippen LogP contribution in [0.3, 0.4) is 0 Å². The van der Waals surface area contributed by atoms with Crippen LogP contribution in [0.25, 0.3) is 11.0 Å². The third-order valence-corrected chi connectivity index (χ3v) is 4.38. The minimum absolute atomic E-state index is 0.208. The monoisotopic (exact) mass is 339 g/mol. The van der Waals surface area contributed by atoms with Crippen LogP contribution in [0.2, 0.25) is 0 Å². The molecular weight excluding hydrogens is 318 g/mol. The number of aromatic nitrogens is 5. The minimum atomic E-state index is -0.208. The van der Waals surface area contributed by atoms with Crippen molar-refractivity contribution in [1.82, 2.24) is 24.5 Å². The molecule has 0 spiro atoms. The number of aliphatic hydroxyl groups excluding tert-OH is 1. The highest BCUT2D eigenvalue weighted by molar-refractivity contribution is 5.78. The zero-order valence-corrected chi connectivity index (χ0v) is 14.2. The molecule has 8 nitrogen and oxygen atoms in total. The Labute approximate surface area is 145 Å². The second-order valence-corrected chi connectivity index (χ2v) is 6.66. The number of hydrogen-bond donors (Lipinski definition) is 3. The Morgan fingerprint density at radius 2 is 2.04 bits per heavy atom. The molecule has 0 aromatic carbocycles. The smallest absolute Gasteiger partial charge is 0.224 e. The number of imidazole rings is 1. The maximum Gasteiger partial charge on any atom is 0.224 e. The zero-order chi connectivity index (χ0) is 17.4. The van der Waals surface area contributed by atoms with Gasteiger partial charge >= 0.3 is 0 Å². The number of pyridine rings is 1. The summed E-state index contributed by atoms with van der Waals surface area (Å²) in [6.07, 6.45) is 6.55. The molecule has 8 heteroatoms. The van der Waals surface area contributed by atoms with Crippen LogP contribution in [0, 0.1) is 0 Å². The van der Waals surface area contributed by atoms with Crippen LogP contribution in [-0.2, 0) is 0 Å². The van der Waals surface area contributed by atoms with Crippen molar-refractivity contribution in [3.8, 4) is 0 Å². The van der Waals surface area contributed by atoms with E-state index in [1.807, 2.05) is 12.4 Å². The molecule has 0 atom stereocenters. The average Bonchev–Trinajstić information content (AvgIpc) is 2.97. The average molecular weight is 339 g/mol. The SMILES string of the molecule is CC(C)n1cnc2cnc(Nc3ccnc(NC4CC(O)C4)n3)cc21. The maximum absolute atomic E-state index is 9.37. The third kappa shape index (κ3) is 3.25. The lowest BCUT2D eigenvalue weighted by molar-refractivity contribution is 0.0834. The van der Waals surface area contributed by atoms with Gasteiger partial charge in [-0.25, -0.2) is 15.0 Å². The number of aliphatic hydroxyl groups is 1. The van der Waals surface area contributed by atoms with Gasteiger partial charge in [0.05, 0.1) is 24.1 Å². The van der Waals surface area contributed by atoms with Crippen molar-refractivity contribution in [3.63, 3.8) is 0 Å². The largest absolute Gasteiger partial charge is 0.393 e. The Bertz CT molecular complexity index is 886. The first kappa shape index (κ1) is 15.8. The van der Waals surface area contributed by atoms with Crippen LogP contribution in [-0.4, -0.2) is 41.8 Å². The molecule has 1 aliphatic rings. The molecule has 0 aliphatic heterocycles. The molecular formula is C17H21N7O. The summed E-state index contributed by atoms with van der Waals surface area (Å²) in [6, 6.07) is 4.33. The van der Waals surface area contributed by atoms with Gasteiger partial charge in [-0.15, -0.1) is 0 Å². The number of nitrogens with one attached hydrogen (secondary N) is 2. The fourth-order valence-corrected chi connectivity index (χ4v) is 2.93. The molecule has 0 saturated heterocycles. The van der Waals surface area contributed by atoms with Gasteiger partial charge in [0, 0.05) is 24.3 Å². The zero-order valence-electron chi connectivity index (χ0n) is 14.2. The van der Waals surface area contributed by atoms with E-state index in [1.54, 1.807) is 18.5 Å². The van der Waals surface area contributed by atoms with Crippen LogP contribution in [0.4, 0.5) is 17.6 Å². The van der Waals surface area contributed by atoms with Gasteiger partial charge in [0.2, 0.25) is 5.95 Å². The van der Waals surface area contributed by atoms with Gasteiger partial charge in [0.15, 0.2) is 0 Å². The summed E-state index contributed by atoms with van der Waals surface area (Å²) in [4.78, 5) is 17.5. The molecule has 3 aromatic heterocycles. The quantitative estimate of drug-likeness (QED) is 0.656. The Morgan fingerprint density at radius 1 is 1.20 bits per heavy atom. The molecule has 0 radical (unpaired) electrons. The standard InChI is InChI=1S/C17H21N7O/c1-10(2)24-9-20-13-8-19-16(7-14(13)24)22-15-3-4-18-17(23-15)21-11-5-12(25)6-11/h3-4,7-12,25H,5-6H2,1-2H3,(H2,18,19,21,22,23). The first-order valence-corrected chi connectivity index (χ1v) is 8.46. The van der Waals surface area contributed by atoms with Crippen LogP contribution >= 0.6 is 0 Å². The molecule has 25 heavy (non-hydrogen) atoms. The molecule has 0 bridgehead atoms. The number of anilines is 3. The lowest BCUT2D eigenvalue weighted by Gasteiger charge is -2.31. The Balaban J connectivity index is 1.53. The van der Waals surface area contributed by atoms with Gasteiger partial charge in [-0.1, -0.05) is 0 Å². The predicted molar refractivity (Wildman–Crippen MR) is 95.9 cm³/mol. The third-order valence-electron chi connectivity index (χ3n) is 4.38. The molecule has 4 rings (SSSR count). The Kier molecular flexibility index (Phi) is 3.96. The van der Waals surface area contributed by atoms with E-state index >= 15 is 0 Å². The lowest BCUT2D eigenvalue weighted by Crippen LogP contribution is -2.39. The van der Waals surface area contributed by atoms with Crippen LogP contribution in [0.1, 0.15) is 32.7 Å². The van der Waals surface area contributed by atoms with Crippen molar-refractivity contribution in [2.75, 3.05) is 10.6 Å². The summed E-state index contributed by atoms with van der Waals surface area (Å²) in [5.41, 5.74) is 1.90. The first-order chi connectivity index (χ1) is 12.1. The van der Waals surface area contributed by atoms with Crippen molar-refractivity contribution < 1.29 is 5.11 Å². The molecule has 0 unspecified atom stereocenters. The van der Waals surface area contributed by atoms with Crippen LogP contribution < -0.4 is 10.6 Å². The van der Waals surface area contributed by atoms with Gasteiger partial charge in [-0.3, -0.25) is 0 Å². The molecule has 3 aromatic rings. The molecule has 130 valence electrons. The lowest BCUT2D eigenvalue weighted by atomic mass is 9.90. The highest BCUT2D eigenvalue weighted by Gasteiger charge is 2.27. The second-order valence-electron chi connectivity index (χ2n) is 6.66. The molecule has 0 amide bonds. The van der Waals surface area contributed by atoms with Gasteiger partial charge < -0.3 is 20.3 Å². The Hall–Kier alpha value is -2.74. The topological polar surface area (TPSA) is 101 Å². The summed E-state index contributed by atoms with van der Waals surface area (Å²) < 4.78 is 2.11. The van der Waals surface area contributed by atoms with Gasteiger partial charge in [0.1, 0.15) is 17.2 Å². The van der Waals surface area contributed by atoms with Crippen molar-refractivity contribution in [3.05, 3.63) is 30.9 Å². The number of rotatable bonds is 5. The maximum atomic E-state index is 9.37. The number of nitrogens with zero attached hydrogens (tertiary/aromatic N) is 5. The summed E-state index contributed by atoms with van der Waals surface area (Å²) >= 11 is 0. The first-order valence-electron chi connectivity index (χ1n) is 8.46. The second kappa shape index (κ2) is 6.29. The minimum Gasteiger partial charge on any atom is -0.393 e. The van der Waals surface area contributed by atoms with Crippen molar-refractivity contribution in [2.45, 2.75) is 44.9 Å². The van der Waals surface area contributed by atoms with Crippen LogP contribution in [0.15, 0.2) is 30.9 Å². The van der Waals surface area contributed by atoms with Crippen LogP contribution in [0.5, 0.6) is 0 Å². The van der Waals surface area contributed by atoms with E-state index < -0.39 is 0 Å². The van der Waals surface area contributed by atoms with Gasteiger partial charge in [-0.05, 0) is 32.8 Å². The van der Waals surface area contributed by atoms with Gasteiger partial charge in [-0.2, -0.15) is 4.98 Å². The predicted octanol–water partition coefficient (Wildman–Crippen LogP) is 2.48. The van der Waals surface area contributed by atoms with Gasteiger partial charge in [0.25, 0.3) is 0 Å². The van der Waals surface area contributed by atoms with E-state index in [4.69, 9.17) is 0 Å². The Morgan fingerprint density at radius 3 is 2.80 bits per heavy atom. The van der Waals surface area contributed by atoms with E-state index in [2.05, 4.69) is 49.0 Å². The molecule has 3 N–H and O–H groups in total. The fraction of sp³-hybridized carbons (Fsp3) is 0.412. The highest BCUT2D eigenvalue weighted by Crippen LogP contribution is 2.24. The van der Waals surface area contributed by atoms with E-state index in [0.717, 1.165) is 23.9 Å². The molecule has 1 saturated carbocycles. The van der Waals surface area contributed by atoms with E-state index in [9.17, 15) is 5.11 Å². The highest BCUT2D eigenvalue weighted by atomic mass is 16.3. The molecule has 1 aliphatic carbocycles. The summed E-state index contributed by atoms with van der Waals surface area (Å²) in [7, 11) is 0. The van der Waals surface area contributed by atoms with E-state index in [-0.39, 0.29) is 12.1 Å². The normalized spacial score (nSPS) is 19.8. The molecule has 3 heterocycles. The summed E-state index contributed by atoms with van der Waals surface area (Å²) in [5, 5.41) is 15.8. The van der Waals surface area contributed by atoms with E-state index in [0.29, 0.717) is 23.6 Å². The summed E-state index contributed by atoms with van der Waals surface area (Å²) in [6.45, 7) is 4.24. The van der Waals surface area contributed by atoms with E-state index in [1.165, 1.54) is 0 Å². The summed E-state index contributed by atoms with van der Waals surface area (Å²) in [5.74, 6) is 1.92. The van der Waals surface area contributed by atoms with Crippen molar-refractivity contribution in [2.24, 2.45) is 0 Å². The fourth-order valence-electron chi connectivity index (χ4n) is 2.93. The molecule has 1 fully saturated rings. The number of fused-ring (bicyclic) bond motifs is 1.